The molecule has 0 aromatic heterocycles. The van der Waals surface area contributed by atoms with Crippen molar-refractivity contribution in [1.29, 1.82) is 0 Å². The number of nitro benzene ring substituents is 1. The lowest BCUT2D eigenvalue weighted by Crippen LogP contribution is -2.52. The summed E-state index contributed by atoms with van der Waals surface area (Å²) < 4.78 is 0. The molecule has 9 nitrogen and oxygen atoms in total. The number of carbonyl (C=O) groups is 2. The van der Waals surface area contributed by atoms with E-state index >= 15 is 0 Å². The number of carbonyl (C=O) groups excluding carboxylic acids is 2. The molecule has 2 heterocycles. The number of nitrogens with one attached hydrogen (secondary N) is 1. The van der Waals surface area contributed by atoms with Crippen molar-refractivity contribution in [3.05, 3.63) is 105 Å². The van der Waals surface area contributed by atoms with E-state index in [1.807, 2.05) is 64.4 Å². The predicted octanol–water partition coefficient (Wildman–Crippen LogP) is 6.21. The van der Waals surface area contributed by atoms with Crippen molar-refractivity contribution < 1.29 is 14.5 Å². The third-order valence-electron chi connectivity index (χ3n) is 8.51. The molecule has 1 amide bonds. The molecule has 0 bridgehead atoms. The zero-order chi connectivity index (χ0) is 30.3. The molecule has 3 aromatic carbocycles. The minimum Gasteiger partial charge on any atom is -0.368 e. The van der Waals surface area contributed by atoms with Gasteiger partial charge >= 0.3 is 0 Å². The number of benzene rings is 3. The maximum atomic E-state index is 14.0. The Balaban J connectivity index is 1.37. The highest BCUT2D eigenvalue weighted by molar-refractivity contribution is 6.30. The number of allylic oxidation sites excluding steroid dienone is 1. The third-order valence-corrected chi connectivity index (χ3v) is 8.75. The number of rotatable bonds is 5. The summed E-state index contributed by atoms with van der Waals surface area (Å²) in [6, 6.07) is 21.2. The standard InChI is InChI=1S/C33H34ClN5O4/c1-33(2)19-27-31(29(40)20-33)32(22-7-5-10-25(17-22)39(42)43)38(28-12-4-3-11-26(28)35-27)21-30(41)37-15-13-36(14-16-37)24-9-6-8-23(34)18-24/h3-12,17-18,32,35H,13-16,19-21H2,1-2H3. The molecule has 1 N–H and O–H groups in total. The summed E-state index contributed by atoms with van der Waals surface area (Å²) in [6.07, 6.45) is 0.990. The monoisotopic (exact) mass is 599 g/mol. The molecule has 0 spiro atoms. The van der Waals surface area contributed by atoms with Gasteiger partial charge in [-0.3, -0.25) is 19.7 Å². The van der Waals surface area contributed by atoms with Crippen molar-refractivity contribution in [3.63, 3.8) is 0 Å². The number of fused-ring (bicyclic) bond motifs is 1. The number of hydrogen-bond acceptors (Lipinski definition) is 7. The Morgan fingerprint density at radius 3 is 2.49 bits per heavy atom. The van der Waals surface area contributed by atoms with E-state index in [1.165, 1.54) is 12.1 Å². The first-order valence-electron chi connectivity index (χ1n) is 14.5. The smallest absolute Gasteiger partial charge is 0.269 e. The lowest BCUT2D eigenvalue weighted by Gasteiger charge is -2.40. The van der Waals surface area contributed by atoms with E-state index in [0.717, 1.165) is 22.8 Å². The number of ketones is 1. The highest BCUT2D eigenvalue weighted by Crippen LogP contribution is 2.48. The SMILES string of the molecule is CC1(C)CC(=O)C2=C(C1)Nc1ccccc1N(CC(=O)N1CCN(c3cccc(Cl)c3)CC1)C2c1cccc([N+](=O)[O-])c1. The summed E-state index contributed by atoms with van der Waals surface area (Å²) in [4.78, 5) is 45.3. The second kappa shape index (κ2) is 11.4. The average Bonchev–Trinajstić information content (AvgIpc) is 3.11. The Morgan fingerprint density at radius 2 is 1.74 bits per heavy atom. The van der Waals surface area contributed by atoms with Crippen LogP contribution < -0.4 is 15.1 Å². The normalized spacial score (nSPS) is 19.7. The molecule has 0 saturated carbocycles. The molecular weight excluding hydrogens is 566 g/mol. The number of nitro groups is 1. The van der Waals surface area contributed by atoms with Gasteiger partial charge in [-0.05, 0) is 47.7 Å². The van der Waals surface area contributed by atoms with Crippen molar-refractivity contribution >= 4 is 46.0 Å². The Labute approximate surface area is 255 Å². The van der Waals surface area contributed by atoms with E-state index < -0.39 is 11.0 Å². The van der Waals surface area contributed by atoms with Crippen LogP contribution in [0.25, 0.3) is 0 Å². The van der Waals surface area contributed by atoms with Gasteiger partial charge in [-0.15, -0.1) is 0 Å². The van der Waals surface area contributed by atoms with Crippen LogP contribution >= 0.6 is 11.6 Å². The average molecular weight is 600 g/mol. The van der Waals surface area contributed by atoms with Crippen molar-refractivity contribution in [2.45, 2.75) is 32.7 Å². The first-order chi connectivity index (χ1) is 20.6. The zero-order valence-corrected chi connectivity index (χ0v) is 25.0. The number of halogens is 1. The van der Waals surface area contributed by atoms with Crippen LogP contribution in [-0.4, -0.2) is 54.2 Å². The number of para-hydroxylation sites is 2. The number of non-ortho nitro benzene ring substituents is 1. The summed E-state index contributed by atoms with van der Waals surface area (Å²) in [7, 11) is 0. The Hall–Kier alpha value is -4.37. The number of nitrogens with zero attached hydrogens (tertiary/aromatic N) is 4. The van der Waals surface area contributed by atoms with Crippen LogP contribution in [-0.2, 0) is 9.59 Å². The molecule has 0 radical (unpaired) electrons. The van der Waals surface area contributed by atoms with Crippen molar-refractivity contribution in [3.8, 4) is 0 Å². The number of amides is 1. The van der Waals surface area contributed by atoms with Gasteiger partial charge < -0.3 is 20.0 Å². The van der Waals surface area contributed by atoms with Gasteiger partial charge in [0.15, 0.2) is 5.78 Å². The Morgan fingerprint density at radius 1 is 1.00 bits per heavy atom. The fraction of sp³-hybridized carbons (Fsp3) is 0.333. The number of anilines is 3. The summed E-state index contributed by atoms with van der Waals surface area (Å²) in [5.41, 5.74) is 4.25. The van der Waals surface area contributed by atoms with Gasteiger partial charge in [0.05, 0.1) is 28.9 Å². The molecule has 222 valence electrons. The molecular formula is C33H34ClN5O4. The molecule has 3 aromatic rings. The lowest BCUT2D eigenvalue weighted by atomic mass is 9.73. The van der Waals surface area contributed by atoms with Crippen molar-refractivity contribution in [2.24, 2.45) is 5.41 Å². The first kappa shape index (κ1) is 28.7. The van der Waals surface area contributed by atoms with Gasteiger partial charge in [-0.1, -0.05) is 55.8 Å². The second-order valence-corrected chi connectivity index (χ2v) is 12.6. The molecule has 1 unspecified atom stereocenters. The molecule has 1 fully saturated rings. The van der Waals surface area contributed by atoms with E-state index in [4.69, 9.17) is 11.6 Å². The predicted molar refractivity (Wildman–Crippen MR) is 169 cm³/mol. The van der Waals surface area contributed by atoms with Crippen LogP contribution in [0.2, 0.25) is 5.02 Å². The van der Waals surface area contributed by atoms with Crippen LogP contribution in [0.3, 0.4) is 0 Å². The molecule has 1 atom stereocenters. The van der Waals surface area contributed by atoms with Crippen LogP contribution in [0.4, 0.5) is 22.7 Å². The third kappa shape index (κ3) is 5.82. The highest BCUT2D eigenvalue weighted by Gasteiger charge is 2.42. The molecule has 3 aliphatic rings. The molecule has 6 rings (SSSR count). The Kier molecular flexibility index (Phi) is 7.60. The molecule has 1 saturated heterocycles. The molecule has 10 heteroatoms. The largest absolute Gasteiger partial charge is 0.368 e. The lowest BCUT2D eigenvalue weighted by molar-refractivity contribution is -0.384. The minimum absolute atomic E-state index is 0.0106. The van der Waals surface area contributed by atoms with Crippen LogP contribution in [0.15, 0.2) is 84.1 Å². The van der Waals surface area contributed by atoms with Crippen LogP contribution in [0.1, 0.15) is 38.3 Å². The number of piperazine rings is 1. The van der Waals surface area contributed by atoms with Gasteiger partial charge in [-0.25, -0.2) is 0 Å². The van der Waals surface area contributed by atoms with Crippen molar-refractivity contribution in [1.82, 2.24) is 4.90 Å². The highest BCUT2D eigenvalue weighted by atomic mass is 35.5. The molecule has 1 aliphatic carbocycles. The maximum Gasteiger partial charge on any atom is 0.269 e. The Bertz CT molecular complexity index is 1630. The van der Waals surface area contributed by atoms with Crippen LogP contribution in [0.5, 0.6) is 0 Å². The van der Waals surface area contributed by atoms with E-state index in [2.05, 4.69) is 24.1 Å². The van der Waals surface area contributed by atoms with Gasteiger partial charge in [0.2, 0.25) is 5.91 Å². The van der Waals surface area contributed by atoms with E-state index in [1.54, 1.807) is 6.07 Å². The summed E-state index contributed by atoms with van der Waals surface area (Å²) >= 11 is 6.21. The topological polar surface area (TPSA) is 99.0 Å². The second-order valence-electron chi connectivity index (χ2n) is 12.2. The van der Waals surface area contributed by atoms with Gasteiger partial charge in [0.1, 0.15) is 0 Å². The number of Topliss-reactive ketones (excluding diaryl/α,β-unsaturated/α-hetero) is 1. The maximum absolute atomic E-state index is 14.0. The van der Waals surface area contributed by atoms with Gasteiger partial charge in [0.25, 0.3) is 5.69 Å². The summed E-state index contributed by atoms with van der Waals surface area (Å²) in [5, 5.41) is 16.0. The quantitative estimate of drug-likeness (QED) is 0.275. The number of hydrogen-bond donors (Lipinski definition) is 1. The van der Waals surface area contributed by atoms with Crippen LogP contribution in [0, 0.1) is 15.5 Å². The van der Waals surface area contributed by atoms with Crippen molar-refractivity contribution in [2.75, 3.05) is 47.8 Å². The van der Waals surface area contributed by atoms with Gasteiger partial charge in [-0.2, -0.15) is 0 Å². The minimum atomic E-state index is -0.675. The fourth-order valence-corrected chi connectivity index (χ4v) is 6.70. The van der Waals surface area contributed by atoms with E-state index in [0.29, 0.717) is 55.2 Å². The fourth-order valence-electron chi connectivity index (χ4n) is 6.51. The molecule has 43 heavy (non-hydrogen) atoms. The zero-order valence-electron chi connectivity index (χ0n) is 24.3. The summed E-state index contributed by atoms with van der Waals surface area (Å²) in [5.74, 6) is -0.0840. The first-order valence-corrected chi connectivity index (χ1v) is 14.9. The summed E-state index contributed by atoms with van der Waals surface area (Å²) in [6.45, 7) is 6.57. The molecule has 2 aliphatic heterocycles. The van der Waals surface area contributed by atoms with Gasteiger partial charge in [0, 0.05) is 66.7 Å². The van der Waals surface area contributed by atoms with E-state index in [9.17, 15) is 19.7 Å². The van der Waals surface area contributed by atoms with E-state index in [-0.39, 0.29) is 29.3 Å².